The van der Waals surface area contributed by atoms with Crippen LogP contribution in [0.25, 0.3) is 0 Å². The molecule has 0 spiro atoms. The number of aryl methyl sites for hydroxylation is 1. The minimum absolute atomic E-state index is 0.154. The Morgan fingerprint density at radius 2 is 2.38 bits per heavy atom. The molecule has 0 saturated heterocycles. The predicted molar refractivity (Wildman–Crippen MR) is 64.4 cm³/mol. The first kappa shape index (κ1) is 13.1. The molecule has 0 aliphatic rings. The van der Waals surface area contributed by atoms with Crippen LogP contribution in [-0.4, -0.2) is 36.1 Å². The van der Waals surface area contributed by atoms with E-state index in [2.05, 4.69) is 21.5 Å². The minimum Gasteiger partial charge on any atom is -0.469 e. The third-order valence-electron chi connectivity index (χ3n) is 2.36. The molecule has 0 aliphatic carbocycles. The molecule has 0 radical (unpaired) electrons. The summed E-state index contributed by atoms with van der Waals surface area (Å²) in [5.41, 5.74) is 0. The lowest BCUT2D eigenvalue weighted by Gasteiger charge is -2.18. The van der Waals surface area contributed by atoms with E-state index in [-0.39, 0.29) is 5.97 Å². The number of esters is 1. The third kappa shape index (κ3) is 4.28. The maximum absolute atomic E-state index is 11.0. The van der Waals surface area contributed by atoms with Crippen molar-refractivity contribution < 1.29 is 9.53 Å². The van der Waals surface area contributed by atoms with Crippen LogP contribution in [-0.2, 0) is 16.1 Å². The summed E-state index contributed by atoms with van der Waals surface area (Å²) in [6.45, 7) is 6.61. The summed E-state index contributed by atoms with van der Waals surface area (Å²) in [5, 5.41) is 1.08. The van der Waals surface area contributed by atoms with Gasteiger partial charge in [0, 0.05) is 24.2 Å². The SMILES string of the molecule is CCN(CCC(=O)OC)Cc1cnc(C)s1. The smallest absolute Gasteiger partial charge is 0.306 e. The Kier molecular flexibility index (Phi) is 5.42. The number of aromatic nitrogens is 1. The van der Waals surface area contributed by atoms with E-state index >= 15 is 0 Å². The molecule has 90 valence electrons. The van der Waals surface area contributed by atoms with Crippen LogP contribution in [0.1, 0.15) is 23.2 Å². The van der Waals surface area contributed by atoms with Crippen molar-refractivity contribution in [3.8, 4) is 0 Å². The zero-order valence-electron chi connectivity index (χ0n) is 10.0. The van der Waals surface area contributed by atoms with E-state index in [1.54, 1.807) is 11.3 Å². The van der Waals surface area contributed by atoms with Crippen LogP contribution in [0.15, 0.2) is 6.20 Å². The van der Waals surface area contributed by atoms with Crippen LogP contribution < -0.4 is 0 Å². The Labute approximate surface area is 100 Å². The second kappa shape index (κ2) is 6.60. The molecule has 16 heavy (non-hydrogen) atoms. The molecule has 0 aromatic carbocycles. The van der Waals surface area contributed by atoms with Gasteiger partial charge in [0.2, 0.25) is 0 Å². The van der Waals surface area contributed by atoms with Crippen LogP contribution in [0.5, 0.6) is 0 Å². The third-order valence-corrected chi connectivity index (χ3v) is 3.25. The first-order valence-electron chi connectivity index (χ1n) is 5.36. The summed E-state index contributed by atoms with van der Waals surface area (Å²) in [7, 11) is 1.42. The van der Waals surface area contributed by atoms with Crippen LogP contribution in [0.4, 0.5) is 0 Å². The monoisotopic (exact) mass is 242 g/mol. The first-order chi connectivity index (χ1) is 7.65. The molecule has 0 amide bonds. The Balaban J connectivity index is 2.40. The van der Waals surface area contributed by atoms with Gasteiger partial charge in [-0.25, -0.2) is 4.98 Å². The molecule has 5 heteroatoms. The molecule has 0 saturated carbocycles. The maximum Gasteiger partial charge on any atom is 0.306 e. The second-order valence-electron chi connectivity index (χ2n) is 3.54. The molecule has 0 unspecified atom stereocenters. The Morgan fingerprint density at radius 1 is 1.62 bits per heavy atom. The fourth-order valence-electron chi connectivity index (χ4n) is 1.40. The largest absolute Gasteiger partial charge is 0.469 e. The number of carbonyl (C=O) groups is 1. The van der Waals surface area contributed by atoms with E-state index in [1.165, 1.54) is 12.0 Å². The average Bonchev–Trinajstić information content (AvgIpc) is 2.69. The number of carbonyl (C=O) groups excluding carboxylic acids is 1. The van der Waals surface area contributed by atoms with Gasteiger partial charge in [-0.1, -0.05) is 6.92 Å². The molecule has 1 aromatic rings. The van der Waals surface area contributed by atoms with Crippen molar-refractivity contribution in [1.82, 2.24) is 9.88 Å². The number of nitrogens with zero attached hydrogens (tertiary/aromatic N) is 2. The van der Waals surface area contributed by atoms with Gasteiger partial charge in [-0.3, -0.25) is 9.69 Å². The van der Waals surface area contributed by atoms with Crippen molar-refractivity contribution in [2.45, 2.75) is 26.8 Å². The van der Waals surface area contributed by atoms with Gasteiger partial charge >= 0.3 is 5.97 Å². The number of ether oxygens (including phenoxy) is 1. The summed E-state index contributed by atoms with van der Waals surface area (Å²) in [6, 6.07) is 0. The molecular weight excluding hydrogens is 224 g/mol. The fraction of sp³-hybridized carbons (Fsp3) is 0.636. The zero-order chi connectivity index (χ0) is 12.0. The summed E-state index contributed by atoms with van der Waals surface area (Å²) >= 11 is 1.70. The van der Waals surface area contributed by atoms with E-state index < -0.39 is 0 Å². The lowest BCUT2D eigenvalue weighted by molar-refractivity contribution is -0.141. The number of rotatable bonds is 6. The molecule has 0 aliphatic heterocycles. The highest BCUT2D eigenvalue weighted by molar-refractivity contribution is 7.11. The van der Waals surface area contributed by atoms with Crippen molar-refractivity contribution in [2.75, 3.05) is 20.2 Å². The van der Waals surface area contributed by atoms with E-state index in [0.717, 1.165) is 24.6 Å². The van der Waals surface area contributed by atoms with Gasteiger partial charge in [0.1, 0.15) is 0 Å². The number of thiazole rings is 1. The van der Waals surface area contributed by atoms with E-state index in [4.69, 9.17) is 0 Å². The van der Waals surface area contributed by atoms with Gasteiger partial charge in [0.05, 0.1) is 18.5 Å². The van der Waals surface area contributed by atoms with Gasteiger partial charge in [-0.05, 0) is 13.5 Å². The molecule has 0 bridgehead atoms. The van der Waals surface area contributed by atoms with Gasteiger partial charge in [-0.2, -0.15) is 0 Å². The van der Waals surface area contributed by atoms with Crippen LogP contribution in [0.3, 0.4) is 0 Å². The van der Waals surface area contributed by atoms with E-state index in [1.807, 2.05) is 13.1 Å². The van der Waals surface area contributed by atoms with Gasteiger partial charge < -0.3 is 4.74 Å². The van der Waals surface area contributed by atoms with Crippen LogP contribution in [0, 0.1) is 6.92 Å². The molecule has 4 nitrogen and oxygen atoms in total. The van der Waals surface area contributed by atoms with Gasteiger partial charge in [-0.15, -0.1) is 11.3 Å². The highest BCUT2D eigenvalue weighted by Crippen LogP contribution is 2.14. The highest BCUT2D eigenvalue weighted by Gasteiger charge is 2.08. The number of hydrogen-bond acceptors (Lipinski definition) is 5. The van der Waals surface area contributed by atoms with Crippen molar-refractivity contribution >= 4 is 17.3 Å². The normalized spacial score (nSPS) is 10.8. The Morgan fingerprint density at radius 3 is 2.88 bits per heavy atom. The summed E-state index contributed by atoms with van der Waals surface area (Å²) < 4.78 is 4.62. The lowest BCUT2D eigenvalue weighted by Crippen LogP contribution is -2.25. The van der Waals surface area contributed by atoms with Crippen molar-refractivity contribution in [3.63, 3.8) is 0 Å². The number of hydrogen-bond donors (Lipinski definition) is 0. The summed E-state index contributed by atoms with van der Waals surface area (Å²) in [4.78, 5) is 18.7. The summed E-state index contributed by atoms with van der Waals surface area (Å²) in [6.07, 6.45) is 2.35. The minimum atomic E-state index is -0.154. The average molecular weight is 242 g/mol. The fourth-order valence-corrected chi connectivity index (χ4v) is 2.24. The molecule has 0 N–H and O–H groups in total. The zero-order valence-corrected chi connectivity index (χ0v) is 10.8. The Bertz CT molecular complexity index is 338. The topological polar surface area (TPSA) is 42.4 Å². The van der Waals surface area contributed by atoms with Gasteiger partial charge in [0.25, 0.3) is 0 Å². The molecule has 1 aromatic heterocycles. The van der Waals surface area contributed by atoms with Crippen molar-refractivity contribution in [1.29, 1.82) is 0 Å². The lowest BCUT2D eigenvalue weighted by atomic mass is 10.3. The van der Waals surface area contributed by atoms with Crippen molar-refractivity contribution in [2.24, 2.45) is 0 Å². The molecule has 0 fully saturated rings. The quantitative estimate of drug-likeness (QED) is 0.714. The first-order valence-corrected chi connectivity index (χ1v) is 6.17. The molecule has 1 rings (SSSR count). The molecule has 0 atom stereocenters. The Hall–Kier alpha value is -0.940. The highest BCUT2D eigenvalue weighted by atomic mass is 32.1. The number of methoxy groups -OCH3 is 1. The predicted octanol–water partition coefficient (Wildman–Crippen LogP) is 1.84. The molecular formula is C11H18N2O2S. The van der Waals surface area contributed by atoms with Crippen molar-refractivity contribution in [3.05, 3.63) is 16.1 Å². The summed E-state index contributed by atoms with van der Waals surface area (Å²) in [5.74, 6) is -0.154. The van der Waals surface area contributed by atoms with E-state index in [9.17, 15) is 4.79 Å². The van der Waals surface area contributed by atoms with Crippen LogP contribution in [0.2, 0.25) is 0 Å². The van der Waals surface area contributed by atoms with Gasteiger partial charge in [0.15, 0.2) is 0 Å². The maximum atomic E-state index is 11.0. The van der Waals surface area contributed by atoms with Crippen LogP contribution >= 0.6 is 11.3 Å². The second-order valence-corrected chi connectivity index (χ2v) is 4.86. The standard InChI is InChI=1S/C11H18N2O2S/c1-4-13(6-5-11(14)15-3)8-10-7-12-9(2)16-10/h7H,4-6,8H2,1-3H3. The molecule has 1 heterocycles. The van der Waals surface area contributed by atoms with E-state index in [0.29, 0.717) is 6.42 Å².